The molecule has 1 fully saturated rings. The second-order valence-corrected chi connectivity index (χ2v) is 6.04. The van der Waals surface area contributed by atoms with Crippen molar-refractivity contribution in [3.05, 3.63) is 11.3 Å². The first kappa shape index (κ1) is 14.3. The van der Waals surface area contributed by atoms with Crippen LogP contribution in [-0.2, 0) is 6.42 Å². The summed E-state index contributed by atoms with van der Waals surface area (Å²) in [5, 5.41) is 3.26. The highest BCUT2D eigenvalue weighted by molar-refractivity contribution is 6.02. The maximum absolute atomic E-state index is 12.2. The molecule has 0 unspecified atom stereocenters. The van der Waals surface area contributed by atoms with E-state index in [0.717, 1.165) is 49.0 Å². The number of rotatable bonds is 3. The molecule has 1 saturated heterocycles. The van der Waals surface area contributed by atoms with E-state index in [4.69, 9.17) is 4.98 Å². The number of carbonyl (C=O) groups excluding carboxylic acids is 1. The number of carbonyl (C=O) groups is 1. The van der Waals surface area contributed by atoms with E-state index >= 15 is 0 Å². The fraction of sp³-hybridized carbons (Fsp3) is 0.688. The van der Waals surface area contributed by atoms with Gasteiger partial charge in [0.05, 0.1) is 11.3 Å². The molecule has 2 aliphatic rings. The summed E-state index contributed by atoms with van der Waals surface area (Å²) < 4.78 is 0. The maximum Gasteiger partial charge on any atom is 0.227 e. The van der Waals surface area contributed by atoms with Crippen LogP contribution < -0.4 is 10.2 Å². The first-order chi connectivity index (χ1) is 10.2. The number of aryl methyl sites for hydroxylation is 1. The molecule has 1 atom stereocenters. The standard InChI is InChI=1S/C16H24N4O/c1-3-17-15-14-12(8-6-9-13(14)21)18-16(19-15)20-10-5-4-7-11(20)2/h11H,3-10H2,1-2H3,(H,17,18,19)/t11-/m1/s1. The predicted octanol–water partition coefficient (Wildman–Crippen LogP) is 2.81. The minimum Gasteiger partial charge on any atom is -0.370 e. The molecule has 5 heteroatoms. The molecular formula is C16H24N4O. The lowest BCUT2D eigenvalue weighted by molar-refractivity contribution is 0.0972. The molecule has 1 aromatic rings. The molecule has 21 heavy (non-hydrogen) atoms. The molecule has 1 aliphatic heterocycles. The summed E-state index contributed by atoms with van der Waals surface area (Å²) in [4.78, 5) is 23.9. The summed E-state index contributed by atoms with van der Waals surface area (Å²) in [7, 11) is 0. The Balaban J connectivity index is 2.02. The Morgan fingerprint density at radius 2 is 2.10 bits per heavy atom. The molecule has 1 aliphatic carbocycles. The van der Waals surface area contributed by atoms with Gasteiger partial charge in [0.25, 0.3) is 0 Å². The summed E-state index contributed by atoms with van der Waals surface area (Å²) >= 11 is 0. The highest BCUT2D eigenvalue weighted by atomic mass is 16.1. The van der Waals surface area contributed by atoms with E-state index in [1.54, 1.807) is 0 Å². The molecule has 0 spiro atoms. The molecule has 1 N–H and O–H groups in total. The zero-order valence-corrected chi connectivity index (χ0v) is 13.0. The predicted molar refractivity (Wildman–Crippen MR) is 84.1 cm³/mol. The number of piperidine rings is 1. The van der Waals surface area contributed by atoms with Crippen LogP contribution in [-0.4, -0.2) is 34.9 Å². The SMILES string of the molecule is CCNc1nc(N2CCCC[C@H]2C)nc2c1C(=O)CCC2. The number of Topliss-reactive ketones (excluding diaryl/α,β-unsaturated/α-hetero) is 1. The number of fused-ring (bicyclic) bond motifs is 1. The molecule has 0 saturated carbocycles. The van der Waals surface area contributed by atoms with Gasteiger partial charge in [-0.05, 0) is 46.0 Å². The number of anilines is 2. The Morgan fingerprint density at radius 3 is 2.86 bits per heavy atom. The van der Waals surface area contributed by atoms with E-state index < -0.39 is 0 Å². The average Bonchev–Trinajstić information content (AvgIpc) is 2.48. The lowest BCUT2D eigenvalue weighted by Gasteiger charge is -2.34. The average molecular weight is 288 g/mol. The van der Waals surface area contributed by atoms with Crippen LogP contribution in [0.4, 0.5) is 11.8 Å². The maximum atomic E-state index is 12.2. The van der Waals surface area contributed by atoms with Gasteiger partial charge in [0.2, 0.25) is 5.95 Å². The summed E-state index contributed by atoms with van der Waals surface area (Å²) in [6, 6.07) is 0.477. The van der Waals surface area contributed by atoms with E-state index in [1.807, 2.05) is 6.92 Å². The number of ketones is 1. The smallest absolute Gasteiger partial charge is 0.227 e. The Bertz CT molecular complexity index is 543. The Labute approximate surface area is 126 Å². The molecule has 5 nitrogen and oxygen atoms in total. The van der Waals surface area contributed by atoms with E-state index in [0.29, 0.717) is 12.5 Å². The van der Waals surface area contributed by atoms with Gasteiger partial charge in [0, 0.05) is 25.6 Å². The monoisotopic (exact) mass is 288 g/mol. The van der Waals surface area contributed by atoms with Crippen LogP contribution in [0.5, 0.6) is 0 Å². The third kappa shape index (κ3) is 2.74. The minimum atomic E-state index is 0.186. The van der Waals surface area contributed by atoms with Crippen LogP contribution in [0.3, 0.4) is 0 Å². The molecule has 114 valence electrons. The Kier molecular flexibility index (Phi) is 4.08. The van der Waals surface area contributed by atoms with Gasteiger partial charge < -0.3 is 10.2 Å². The zero-order chi connectivity index (χ0) is 14.8. The highest BCUT2D eigenvalue weighted by Gasteiger charge is 2.27. The van der Waals surface area contributed by atoms with Gasteiger partial charge in [0.15, 0.2) is 5.78 Å². The summed E-state index contributed by atoms with van der Waals surface area (Å²) in [6.07, 6.45) is 6.08. The first-order valence-corrected chi connectivity index (χ1v) is 8.15. The fourth-order valence-electron chi connectivity index (χ4n) is 3.33. The number of hydrogen-bond acceptors (Lipinski definition) is 5. The number of hydrogen-bond donors (Lipinski definition) is 1. The molecule has 0 bridgehead atoms. The van der Waals surface area contributed by atoms with Gasteiger partial charge in [-0.15, -0.1) is 0 Å². The van der Waals surface area contributed by atoms with Crippen LogP contribution in [0, 0.1) is 0 Å². The van der Waals surface area contributed by atoms with Crippen LogP contribution in [0.1, 0.15) is 62.0 Å². The molecule has 1 aromatic heterocycles. The molecule has 2 heterocycles. The van der Waals surface area contributed by atoms with E-state index in [-0.39, 0.29) is 5.78 Å². The van der Waals surface area contributed by atoms with Gasteiger partial charge in [-0.3, -0.25) is 4.79 Å². The molecule has 0 aromatic carbocycles. The van der Waals surface area contributed by atoms with E-state index in [2.05, 4.69) is 22.1 Å². The number of nitrogens with zero attached hydrogens (tertiary/aromatic N) is 3. The van der Waals surface area contributed by atoms with Crippen molar-refractivity contribution in [2.45, 2.75) is 58.4 Å². The molecule has 0 radical (unpaired) electrons. The molecule has 0 amide bonds. The quantitative estimate of drug-likeness (QED) is 0.927. The van der Waals surface area contributed by atoms with Crippen molar-refractivity contribution in [1.29, 1.82) is 0 Å². The second kappa shape index (κ2) is 6.00. The normalized spacial score (nSPS) is 22.1. The van der Waals surface area contributed by atoms with Crippen molar-refractivity contribution in [1.82, 2.24) is 9.97 Å². The third-order valence-corrected chi connectivity index (χ3v) is 4.47. The van der Waals surface area contributed by atoms with Crippen LogP contribution >= 0.6 is 0 Å². The zero-order valence-electron chi connectivity index (χ0n) is 13.0. The topological polar surface area (TPSA) is 58.1 Å². The summed E-state index contributed by atoms with van der Waals surface area (Å²) in [5.74, 6) is 1.72. The molecular weight excluding hydrogens is 264 g/mol. The largest absolute Gasteiger partial charge is 0.370 e. The van der Waals surface area contributed by atoms with Crippen molar-refractivity contribution in [3.63, 3.8) is 0 Å². The van der Waals surface area contributed by atoms with Crippen LogP contribution in [0.2, 0.25) is 0 Å². The van der Waals surface area contributed by atoms with Crippen molar-refractivity contribution in [2.75, 3.05) is 23.3 Å². The lowest BCUT2D eigenvalue weighted by atomic mass is 9.95. The molecule has 3 rings (SSSR count). The number of aromatic nitrogens is 2. The van der Waals surface area contributed by atoms with Gasteiger partial charge in [-0.25, -0.2) is 4.98 Å². The third-order valence-electron chi connectivity index (χ3n) is 4.47. The number of nitrogens with one attached hydrogen (secondary N) is 1. The van der Waals surface area contributed by atoms with Gasteiger partial charge in [-0.2, -0.15) is 4.98 Å². The van der Waals surface area contributed by atoms with Crippen molar-refractivity contribution >= 4 is 17.5 Å². The summed E-state index contributed by atoms with van der Waals surface area (Å²) in [6.45, 7) is 6.05. The Morgan fingerprint density at radius 1 is 1.24 bits per heavy atom. The van der Waals surface area contributed by atoms with Gasteiger partial charge in [0.1, 0.15) is 5.82 Å². The van der Waals surface area contributed by atoms with Crippen LogP contribution in [0.15, 0.2) is 0 Å². The first-order valence-electron chi connectivity index (χ1n) is 8.15. The van der Waals surface area contributed by atoms with Gasteiger partial charge >= 0.3 is 0 Å². The van der Waals surface area contributed by atoms with Crippen molar-refractivity contribution in [3.8, 4) is 0 Å². The van der Waals surface area contributed by atoms with Crippen LogP contribution in [0.25, 0.3) is 0 Å². The van der Waals surface area contributed by atoms with Crippen molar-refractivity contribution in [2.24, 2.45) is 0 Å². The highest BCUT2D eigenvalue weighted by Crippen LogP contribution is 2.29. The fourth-order valence-corrected chi connectivity index (χ4v) is 3.33. The van der Waals surface area contributed by atoms with E-state index in [1.165, 1.54) is 19.3 Å². The summed E-state index contributed by atoms with van der Waals surface area (Å²) in [5.41, 5.74) is 1.67. The minimum absolute atomic E-state index is 0.186. The Hall–Kier alpha value is -1.65. The van der Waals surface area contributed by atoms with Crippen molar-refractivity contribution < 1.29 is 4.79 Å². The van der Waals surface area contributed by atoms with Gasteiger partial charge in [-0.1, -0.05) is 0 Å². The lowest BCUT2D eigenvalue weighted by Crippen LogP contribution is -2.39. The van der Waals surface area contributed by atoms with E-state index in [9.17, 15) is 4.79 Å². The second-order valence-electron chi connectivity index (χ2n) is 6.04.